The van der Waals surface area contributed by atoms with Gasteiger partial charge in [-0.05, 0) is 50.1 Å². The van der Waals surface area contributed by atoms with Crippen LogP contribution in [0.3, 0.4) is 0 Å². The zero-order valence-electron chi connectivity index (χ0n) is 17.3. The third kappa shape index (κ3) is 6.36. The number of thioether (sulfide) groups is 2. The maximum atomic E-state index is 12.4. The molecule has 1 N–H and O–H groups in total. The van der Waals surface area contributed by atoms with Gasteiger partial charge in [0.15, 0.2) is 5.16 Å². The zero-order chi connectivity index (χ0) is 21.5. The van der Waals surface area contributed by atoms with Crippen molar-refractivity contribution < 1.29 is 4.79 Å². The third-order valence-corrected chi connectivity index (χ3v) is 6.98. The Morgan fingerprint density at radius 1 is 1.10 bits per heavy atom. The average Bonchev–Trinajstić information content (AvgIpc) is 3.12. The van der Waals surface area contributed by atoms with Crippen molar-refractivity contribution in [3.8, 4) is 0 Å². The van der Waals surface area contributed by atoms with Crippen LogP contribution in [0.5, 0.6) is 0 Å². The van der Waals surface area contributed by atoms with E-state index in [1.165, 1.54) is 22.9 Å². The topological polar surface area (TPSA) is 59.8 Å². The van der Waals surface area contributed by atoms with E-state index in [1.807, 2.05) is 36.9 Å². The first-order valence-corrected chi connectivity index (χ1v) is 12.6. The highest BCUT2D eigenvalue weighted by Crippen LogP contribution is 2.23. The molecule has 0 radical (unpaired) electrons. The van der Waals surface area contributed by atoms with Crippen molar-refractivity contribution in [2.75, 3.05) is 11.1 Å². The molecule has 2 aromatic carbocycles. The molecular formula is C22H25BrN4OS2. The molecule has 5 nitrogen and oxygen atoms in total. The first kappa shape index (κ1) is 22.9. The molecule has 158 valence electrons. The minimum Gasteiger partial charge on any atom is -0.325 e. The molecule has 1 aromatic heterocycles. The van der Waals surface area contributed by atoms with Crippen molar-refractivity contribution in [1.29, 1.82) is 0 Å². The molecule has 3 aromatic rings. The van der Waals surface area contributed by atoms with Gasteiger partial charge in [-0.15, -0.1) is 22.0 Å². The van der Waals surface area contributed by atoms with E-state index in [4.69, 9.17) is 0 Å². The molecule has 0 saturated carbocycles. The number of aromatic nitrogens is 3. The second-order valence-electron chi connectivity index (χ2n) is 6.92. The van der Waals surface area contributed by atoms with Crippen molar-refractivity contribution in [3.63, 3.8) is 0 Å². The smallest absolute Gasteiger partial charge is 0.234 e. The van der Waals surface area contributed by atoms with Gasteiger partial charge in [-0.1, -0.05) is 57.5 Å². The molecule has 0 aliphatic heterocycles. The van der Waals surface area contributed by atoms with Crippen LogP contribution in [-0.2, 0) is 22.8 Å². The lowest BCUT2D eigenvalue weighted by Crippen LogP contribution is -2.15. The molecule has 0 unspecified atom stereocenters. The second kappa shape index (κ2) is 11.0. The molecule has 0 atom stereocenters. The van der Waals surface area contributed by atoms with Crippen LogP contribution >= 0.6 is 39.5 Å². The van der Waals surface area contributed by atoms with Crippen LogP contribution in [0.25, 0.3) is 0 Å². The molecule has 0 aliphatic carbocycles. The summed E-state index contributed by atoms with van der Waals surface area (Å²) in [5.41, 5.74) is 4.43. The number of benzene rings is 2. The minimum absolute atomic E-state index is 0.0497. The van der Waals surface area contributed by atoms with Gasteiger partial charge in [0.1, 0.15) is 5.82 Å². The van der Waals surface area contributed by atoms with Crippen LogP contribution in [0.2, 0.25) is 0 Å². The van der Waals surface area contributed by atoms with Gasteiger partial charge in [0.25, 0.3) is 0 Å². The van der Waals surface area contributed by atoms with Crippen molar-refractivity contribution >= 4 is 51.0 Å². The van der Waals surface area contributed by atoms with E-state index in [0.717, 1.165) is 44.8 Å². The number of anilines is 1. The standard InChI is InChI=1S/C22H25BrN4OS2/c1-4-27-20(13-29-12-17-7-5-15(2)6-8-17)25-26-22(27)30-14-21(28)24-19-10-9-18(23)11-16(19)3/h5-11H,4,12-14H2,1-3H3,(H,24,28). The van der Waals surface area contributed by atoms with Gasteiger partial charge >= 0.3 is 0 Å². The maximum Gasteiger partial charge on any atom is 0.234 e. The molecule has 8 heteroatoms. The average molecular weight is 506 g/mol. The van der Waals surface area contributed by atoms with Gasteiger partial charge in [0, 0.05) is 22.5 Å². The third-order valence-electron chi connectivity index (χ3n) is 4.53. The number of hydrogen-bond donors (Lipinski definition) is 1. The lowest BCUT2D eigenvalue weighted by molar-refractivity contribution is -0.113. The van der Waals surface area contributed by atoms with E-state index in [1.54, 1.807) is 0 Å². The Hall–Kier alpha value is -1.77. The summed E-state index contributed by atoms with van der Waals surface area (Å²) in [7, 11) is 0. The number of carbonyl (C=O) groups excluding carboxylic acids is 1. The van der Waals surface area contributed by atoms with Crippen LogP contribution in [-0.4, -0.2) is 26.4 Å². The molecule has 3 rings (SSSR count). The Labute approximate surface area is 194 Å². The zero-order valence-corrected chi connectivity index (χ0v) is 20.5. The summed E-state index contributed by atoms with van der Waals surface area (Å²) in [4.78, 5) is 12.4. The highest BCUT2D eigenvalue weighted by Gasteiger charge is 2.14. The molecule has 0 aliphatic rings. The van der Waals surface area contributed by atoms with Gasteiger partial charge in [0.2, 0.25) is 5.91 Å². The largest absolute Gasteiger partial charge is 0.325 e. The van der Waals surface area contributed by atoms with Crippen LogP contribution in [0.4, 0.5) is 5.69 Å². The summed E-state index contributed by atoms with van der Waals surface area (Å²) < 4.78 is 3.08. The normalized spacial score (nSPS) is 10.9. The van der Waals surface area contributed by atoms with E-state index in [-0.39, 0.29) is 5.91 Å². The monoisotopic (exact) mass is 504 g/mol. The van der Waals surface area contributed by atoms with Crippen LogP contribution in [0, 0.1) is 13.8 Å². The van der Waals surface area contributed by atoms with Gasteiger partial charge in [-0.25, -0.2) is 0 Å². The Bertz CT molecular complexity index is 1000. The molecule has 0 bridgehead atoms. The predicted octanol–water partition coefficient (Wildman–Crippen LogP) is 5.84. The molecule has 0 spiro atoms. The van der Waals surface area contributed by atoms with Crippen molar-refractivity contribution in [3.05, 3.63) is 69.5 Å². The Kier molecular flexibility index (Phi) is 8.41. The fourth-order valence-corrected chi connectivity index (χ4v) is 5.10. The highest BCUT2D eigenvalue weighted by atomic mass is 79.9. The van der Waals surface area contributed by atoms with Gasteiger partial charge in [0.05, 0.1) is 11.5 Å². The molecule has 0 fully saturated rings. The fraction of sp³-hybridized carbons (Fsp3) is 0.318. The van der Waals surface area contributed by atoms with E-state index < -0.39 is 0 Å². The number of amides is 1. The SMILES string of the molecule is CCn1c(CSCc2ccc(C)cc2)nnc1SCC(=O)Nc1ccc(Br)cc1C. The highest BCUT2D eigenvalue weighted by molar-refractivity contribution is 9.10. The quantitative estimate of drug-likeness (QED) is 0.370. The summed E-state index contributed by atoms with van der Waals surface area (Å²) in [6.45, 7) is 6.93. The van der Waals surface area contributed by atoms with Gasteiger partial charge < -0.3 is 9.88 Å². The molecule has 1 amide bonds. The van der Waals surface area contributed by atoms with Crippen molar-refractivity contribution in [2.45, 2.75) is 44.0 Å². The van der Waals surface area contributed by atoms with Gasteiger partial charge in [-0.3, -0.25) is 4.79 Å². The van der Waals surface area contributed by atoms with E-state index in [9.17, 15) is 4.79 Å². The number of aryl methyl sites for hydroxylation is 2. The van der Waals surface area contributed by atoms with Crippen LogP contribution < -0.4 is 5.32 Å². The molecule has 0 saturated heterocycles. The second-order valence-corrected chi connectivity index (χ2v) is 9.76. The van der Waals surface area contributed by atoms with Crippen molar-refractivity contribution in [2.24, 2.45) is 0 Å². The van der Waals surface area contributed by atoms with Gasteiger partial charge in [-0.2, -0.15) is 0 Å². The number of carbonyl (C=O) groups is 1. The Balaban J connectivity index is 1.53. The molecule has 1 heterocycles. The van der Waals surface area contributed by atoms with Crippen molar-refractivity contribution in [1.82, 2.24) is 14.8 Å². The van der Waals surface area contributed by atoms with Crippen LogP contribution in [0.15, 0.2) is 52.1 Å². The number of nitrogens with one attached hydrogen (secondary N) is 1. The maximum absolute atomic E-state index is 12.4. The lowest BCUT2D eigenvalue weighted by Gasteiger charge is -2.09. The Morgan fingerprint density at radius 2 is 1.87 bits per heavy atom. The van der Waals surface area contributed by atoms with Crippen LogP contribution in [0.1, 0.15) is 29.4 Å². The summed E-state index contributed by atoms with van der Waals surface area (Å²) in [6.07, 6.45) is 0. The minimum atomic E-state index is -0.0497. The first-order valence-electron chi connectivity index (χ1n) is 9.70. The summed E-state index contributed by atoms with van der Waals surface area (Å²) in [6, 6.07) is 14.4. The number of halogens is 1. The van der Waals surface area contributed by atoms with E-state index in [2.05, 4.69) is 74.1 Å². The number of rotatable bonds is 9. The summed E-state index contributed by atoms with van der Waals surface area (Å²) in [5.74, 6) is 2.92. The predicted molar refractivity (Wildman–Crippen MR) is 130 cm³/mol. The number of hydrogen-bond acceptors (Lipinski definition) is 5. The first-order chi connectivity index (χ1) is 14.5. The Morgan fingerprint density at radius 3 is 2.57 bits per heavy atom. The number of nitrogens with zero attached hydrogens (tertiary/aromatic N) is 3. The fourth-order valence-electron chi connectivity index (χ4n) is 2.88. The summed E-state index contributed by atoms with van der Waals surface area (Å²) >= 11 is 6.68. The molecule has 30 heavy (non-hydrogen) atoms. The lowest BCUT2D eigenvalue weighted by atomic mass is 10.2. The summed E-state index contributed by atoms with van der Waals surface area (Å²) in [5, 5.41) is 12.4. The van der Waals surface area contributed by atoms with E-state index in [0.29, 0.717) is 5.75 Å². The molecular weight excluding hydrogens is 480 g/mol. The van der Waals surface area contributed by atoms with E-state index >= 15 is 0 Å².